The van der Waals surface area contributed by atoms with Crippen molar-refractivity contribution in [2.75, 3.05) is 24.5 Å². The number of carboxylic acid groups (broad SMARTS) is 1. The normalized spacial score (nSPS) is 29.1. The smallest absolute Gasteiger partial charge is 0.311 e. The van der Waals surface area contributed by atoms with E-state index in [0.29, 0.717) is 19.5 Å². The number of nitrogens with zero attached hydrogens (tertiary/aromatic N) is 3. The van der Waals surface area contributed by atoms with Crippen LogP contribution in [-0.2, 0) is 9.59 Å². The van der Waals surface area contributed by atoms with Crippen molar-refractivity contribution in [3.63, 3.8) is 0 Å². The highest BCUT2D eigenvalue weighted by Gasteiger charge is 2.45. The largest absolute Gasteiger partial charge is 0.481 e. The van der Waals surface area contributed by atoms with Gasteiger partial charge in [-0.2, -0.15) is 0 Å². The van der Waals surface area contributed by atoms with E-state index in [2.05, 4.69) is 9.88 Å². The van der Waals surface area contributed by atoms with Crippen LogP contribution in [-0.4, -0.2) is 52.5 Å². The minimum atomic E-state index is -0.819. The first-order valence-electron chi connectivity index (χ1n) is 7.19. The number of hydrogen-bond donors (Lipinski definition) is 1. The van der Waals surface area contributed by atoms with E-state index in [1.54, 1.807) is 18.0 Å². The highest BCUT2D eigenvalue weighted by Crippen LogP contribution is 2.33. The molecular formula is C14H19N3O3S. The molecule has 2 fully saturated rings. The molecule has 0 bridgehead atoms. The first-order chi connectivity index (χ1) is 10.0. The zero-order chi connectivity index (χ0) is 15.0. The fourth-order valence-corrected chi connectivity index (χ4v) is 3.86. The maximum absolute atomic E-state index is 12.7. The van der Waals surface area contributed by atoms with Crippen LogP contribution in [0.5, 0.6) is 0 Å². The summed E-state index contributed by atoms with van der Waals surface area (Å²) in [5.74, 6) is -0.770. The van der Waals surface area contributed by atoms with E-state index in [9.17, 15) is 14.7 Å². The van der Waals surface area contributed by atoms with Crippen LogP contribution in [0.2, 0.25) is 0 Å². The second-order valence-electron chi connectivity index (χ2n) is 6.04. The number of amides is 1. The molecule has 2 atom stereocenters. The van der Waals surface area contributed by atoms with Crippen LogP contribution in [0.3, 0.4) is 0 Å². The highest BCUT2D eigenvalue weighted by molar-refractivity contribution is 7.13. The lowest BCUT2D eigenvalue weighted by Crippen LogP contribution is -2.46. The first-order valence-corrected chi connectivity index (χ1v) is 8.07. The van der Waals surface area contributed by atoms with Gasteiger partial charge in [0.1, 0.15) is 6.04 Å². The Balaban J connectivity index is 1.72. The van der Waals surface area contributed by atoms with Crippen molar-refractivity contribution in [1.29, 1.82) is 0 Å². The van der Waals surface area contributed by atoms with E-state index in [1.807, 2.05) is 5.38 Å². The molecule has 0 aliphatic carbocycles. The van der Waals surface area contributed by atoms with Gasteiger partial charge in [0, 0.05) is 31.2 Å². The average Bonchev–Trinajstić information content (AvgIpc) is 3.18. The molecule has 3 rings (SSSR count). The van der Waals surface area contributed by atoms with Crippen molar-refractivity contribution in [3.8, 4) is 0 Å². The van der Waals surface area contributed by atoms with Gasteiger partial charge in [-0.3, -0.25) is 9.59 Å². The molecule has 3 heterocycles. The average molecular weight is 309 g/mol. The lowest BCUT2D eigenvalue weighted by atomic mass is 9.90. The van der Waals surface area contributed by atoms with E-state index in [0.717, 1.165) is 24.5 Å². The van der Waals surface area contributed by atoms with E-state index < -0.39 is 11.4 Å². The number of carboxylic acids is 1. The predicted octanol–water partition coefficient (Wildman–Crippen LogP) is 1.44. The highest BCUT2D eigenvalue weighted by atomic mass is 32.1. The summed E-state index contributed by atoms with van der Waals surface area (Å²) in [5, 5.41) is 12.1. The van der Waals surface area contributed by atoms with Gasteiger partial charge in [0.2, 0.25) is 5.91 Å². The van der Waals surface area contributed by atoms with Gasteiger partial charge in [-0.25, -0.2) is 4.98 Å². The van der Waals surface area contributed by atoms with Crippen LogP contribution in [0.15, 0.2) is 11.6 Å². The maximum atomic E-state index is 12.7. The van der Waals surface area contributed by atoms with E-state index in [4.69, 9.17) is 0 Å². The van der Waals surface area contributed by atoms with Gasteiger partial charge < -0.3 is 14.9 Å². The van der Waals surface area contributed by atoms with Crippen LogP contribution in [0, 0.1) is 5.41 Å². The van der Waals surface area contributed by atoms with Gasteiger partial charge in [-0.15, -0.1) is 11.3 Å². The standard InChI is InChI=1S/C14H19N3O3S/c1-14(12(19)20)4-7-16(9-14)11(18)10-3-2-6-17(10)13-15-5-8-21-13/h5,8,10H,2-4,6-7,9H2,1H3,(H,19,20). The van der Waals surface area contributed by atoms with Gasteiger partial charge in [0.15, 0.2) is 5.13 Å². The van der Waals surface area contributed by atoms with Crippen molar-refractivity contribution in [2.24, 2.45) is 5.41 Å². The molecule has 0 aromatic carbocycles. The van der Waals surface area contributed by atoms with Crippen molar-refractivity contribution in [2.45, 2.75) is 32.2 Å². The van der Waals surface area contributed by atoms with Gasteiger partial charge in [0.05, 0.1) is 5.41 Å². The lowest BCUT2D eigenvalue weighted by Gasteiger charge is -2.28. The summed E-state index contributed by atoms with van der Waals surface area (Å²) < 4.78 is 0. The third kappa shape index (κ3) is 2.50. The number of carbonyl (C=O) groups is 2. The molecule has 1 N–H and O–H groups in total. The summed E-state index contributed by atoms with van der Waals surface area (Å²) in [7, 11) is 0. The van der Waals surface area contributed by atoms with Crippen molar-refractivity contribution < 1.29 is 14.7 Å². The Bertz CT molecular complexity index is 548. The number of rotatable bonds is 3. The van der Waals surface area contributed by atoms with Crippen LogP contribution in [0.4, 0.5) is 5.13 Å². The Morgan fingerprint density at radius 3 is 2.90 bits per heavy atom. The number of anilines is 1. The number of carbonyl (C=O) groups excluding carboxylic acids is 1. The predicted molar refractivity (Wildman–Crippen MR) is 79.4 cm³/mol. The van der Waals surface area contributed by atoms with Gasteiger partial charge in [0.25, 0.3) is 0 Å². The minimum Gasteiger partial charge on any atom is -0.481 e. The summed E-state index contributed by atoms with van der Waals surface area (Å²) in [6.45, 7) is 3.40. The molecule has 21 heavy (non-hydrogen) atoms. The quantitative estimate of drug-likeness (QED) is 0.914. The molecule has 1 amide bonds. The Kier molecular flexibility index (Phi) is 3.61. The molecule has 6 nitrogen and oxygen atoms in total. The SMILES string of the molecule is CC1(C(=O)O)CCN(C(=O)C2CCCN2c2nccs2)C1. The second-order valence-corrected chi connectivity index (χ2v) is 6.91. The summed E-state index contributed by atoms with van der Waals surface area (Å²) >= 11 is 1.54. The zero-order valence-corrected chi connectivity index (χ0v) is 12.8. The summed E-state index contributed by atoms with van der Waals surface area (Å²) in [4.78, 5) is 32.1. The van der Waals surface area contributed by atoms with Crippen LogP contribution in [0.25, 0.3) is 0 Å². The Labute approximate surface area is 127 Å². The van der Waals surface area contributed by atoms with Gasteiger partial charge in [-0.1, -0.05) is 0 Å². The third-order valence-electron chi connectivity index (χ3n) is 4.50. The minimum absolute atomic E-state index is 0.0488. The monoisotopic (exact) mass is 309 g/mol. The molecule has 1 aromatic heterocycles. The fraction of sp³-hybridized carbons (Fsp3) is 0.643. The molecular weight excluding hydrogens is 290 g/mol. The molecule has 2 saturated heterocycles. The van der Waals surface area contributed by atoms with Crippen molar-refractivity contribution in [1.82, 2.24) is 9.88 Å². The molecule has 114 valence electrons. The summed E-state index contributed by atoms with van der Waals surface area (Å²) in [5.41, 5.74) is -0.805. The topological polar surface area (TPSA) is 73.7 Å². The van der Waals surface area contributed by atoms with Gasteiger partial charge in [-0.05, 0) is 26.2 Å². The third-order valence-corrected chi connectivity index (χ3v) is 5.31. The second kappa shape index (κ2) is 5.29. The first kappa shape index (κ1) is 14.3. The molecule has 2 aliphatic heterocycles. The Hall–Kier alpha value is -1.63. The zero-order valence-electron chi connectivity index (χ0n) is 12.0. The summed E-state index contributed by atoms with van der Waals surface area (Å²) in [6.07, 6.45) is 4.06. The van der Waals surface area contributed by atoms with E-state index in [1.165, 1.54) is 11.3 Å². The number of aliphatic carboxylic acids is 1. The number of hydrogen-bond acceptors (Lipinski definition) is 5. The fourth-order valence-electron chi connectivity index (χ4n) is 3.14. The molecule has 0 saturated carbocycles. The Morgan fingerprint density at radius 1 is 1.48 bits per heavy atom. The number of thiazole rings is 1. The molecule has 0 radical (unpaired) electrons. The van der Waals surface area contributed by atoms with Crippen molar-refractivity contribution in [3.05, 3.63) is 11.6 Å². The van der Waals surface area contributed by atoms with Crippen LogP contribution in [0.1, 0.15) is 26.2 Å². The molecule has 0 spiro atoms. The number of aromatic nitrogens is 1. The maximum Gasteiger partial charge on any atom is 0.311 e. The van der Waals surface area contributed by atoms with E-state index >= 15 is 0 Å². The van der Waals surface area contributed by atoms with E-state index in [-0.39, 0.29) is 11.9 Å². The van der Waals surface area contributed by atoms with Crippen LogP contribution < -0.4 is 4.90 Å². The van der Waals surface area contributed by atoms with Crippen LogP contribution >= 0.6 is 11.3 Å². The van der Waals surface area contributed by atoms with Gasteiger partial charge >= 0.3 is 5.97 Å². The molecule has 2 aliphatic rings. The number of likely N-dealkylation sites (tertiary alicyclic amines) is 1. The Morgan fingerprint density at radius 2 is 2.29 bits per heavy atom. The lowest BCUT2D eigenvalue weighted by molar-refractivity contribution is -0.147. The molecule has 7 heteroatoms. The summed E-state index contributed by atoms with van der Waals surface area (Å²) in [6, 6.07) is -0.188. The van der Waals surface area contributed by atoms with Crippen molar-refractivity contribution >= 4 is 28.3 Å². The molecule has 2 unspecified atom stereocenters. The molecule has 1 aromatic rings.